The van der Waals surface area contributed by atoms with E-state index in [1.807, 2.05) is 42.5 Å². The zero-order valence-electron chi connectivity index (χ0n) is 16.5. The number of carbonyl (C=O) groups is 2. The van der Waals surface area contributed by atoms with Crippen LogP contribution in [0.5, 0.6) is 0 Å². The summed E-state index contributed by atoms with van der Waals surface area (Å²) in [6.07, 6.45) is 1.58. The van der Waals surface area contributed by atoms with Crippen molar-refractivity contribution in [3.05, 3.63) is 99.1 Å². The molecular formula is C25H15Cl2NO3S. The Labute approximate surface area is 198 Å². The van der Waals surface area contributed by atoms with E-state index >= 15 is 0 Å². The average Bonchev–Trinajstić information content (AvgIpc) is 3.36. The molecule has 4 nitrogen and oxygen atoms in total. The topological polar surface area (TPSA) is 50.5 Å². The van der Waals surface area contributed by atoms with Crippen LogP contribution in [0.25, 0.3) is 28.2 Å². The number of rotatable bonds is 4. The van der Waals surface area contributed by atoms with Gasteiger partial charge in [0.15, 0.2) is 0 Å². The van der Waals surface area contributed by atoms with E-state index in [0.717, 1.165) is 28.1 Å². The normalized spacial score (nSPS) is 15.3. The van der Waals surface area contributed by atoms with Crippen LogP contribution in [0.1, 0.15) is 11.3 Å². The lowest BCUT2D eigenvalue weighted by Crippen LogP contribution is -2.27. The Morgan fingerprint density at radius 2 is 1.75 bits per heavy atom. The largest absolute Gasteiger partial charge is 0.457 e. The lowest BCUT2D eigenvalue weighted by atomic mass is 10.0. The third-order valence-electron chi connectivity index (χ3n) is 5.18. The third-order valence-corrected chi connectivity index (χ3v) is 6.65. The fraction of sp³-hybridized carbons (Fsp3) is 0.0400. The number of benzene rings is 3. The summed E-state index contributed by atoms with van der Waals surface area (Å²) >= 11 is 13.2. The Morgan fingerprint density at radius 1 is 0.938 bits per heavy atom. The SMILES string of the molecule is O=C1S/C(=C/c2ccc(-c3cc(Cl)ccc3Cl)o2)C(=O)N1Cc1cccc2ccccc12. The predicted octanol–water partition coefficient (Wildman–Crippen LogP) is 7.64. The molecule has 32 heavy (non-hydrogen) atoms. The number of imide groups is 1. The third kappa shape index (κ3) is 3.95. The summed E-state index contributed by atoms with van der Waals surface area (Å²) in [6, 6.07) is 22.4. The van der Waals surface area contributed by atoms with Gasteiger partial charge in [-0.1, -0.05) is 65.7 Å². The first-order chi connectivity index (χ1) is 15.5. The number of furan rings is 1. The average molecular weight is 480 g/mol. The molecule has 2 amide bonds. The van der Waals surface area contributed by atoms with Gasteiger partial charge in [-0.3, -0.25) is 14.5 Å². The lowest BCUT2D eigenvalue weighted by Gasteiger charge is -2.14. The standard InChI is InChI=1S/C25H15Cl2NO3S/c26-17-8-10-21(27)20(12-17)22-11-9-18(31-22)13-23-24(29)28(25(30)32-23)14-16-6-3-5-15-4-1-2-7-19(15)16/h1-13H,14H2/b23-13+. The fourth-order valence-corrected chi connectivity index (χ4v) is 4.83. The number of thioether (sulfide) groups is 1. The number of halogens is 2. The minimum Gasteiger partial charge on any atom is -0.457 e. The van der Waals surface area contributed by atoms with Crippen LogP contribution in [0.15, 0.2) is 82.1 Å². The van der Waals surface area contributed by atoms with Gasteiger partial charge in [0, 0.05) is 16.7 Å². The van der Waals surface area contributed by atoms with E-state index in [1.54, 1.807) is 36.4 Å². The summed E-state index contributed by atoms with van der Waals surface area (Å²) < 4.78 is 5.85. The highest BCUT2D eigenvalue weighted by molar-refractivity contribution is 8.18. The van der Waals surface area contributed by atoms with E-state index in [1.165, 1.54) is 4.90 Å². The number of carbonyl (C=O) groups excluding carboxylic acids is 2. The summed E-state index contributed by atoms with van der Waals surface area (Å²) in [5.74, 6) is 0.636. The molecule has 1 aromatic heterocycles. The van der Waals surface area contributed by atoms with E-state index in [4.69, 9.17) is 27.6 Å². The Bertz CT molecular complexity index is 1400. The monoisotopic (exact) mass is 479 g/mol. The summed E-state index contributed by atoms with van der Waals surface area (Å²) in [5, 5.41) is 2.82. The van der Waals surface area contributed by atoms with Crippen molar-refractivity contribution < 1.29 is 14.0 Å². The summed E-state index contributed by atoms with van der Waals surface area (Å²) in [4.78, 5) is 27.1. The van der Waals surface area contributed by atoms with Crippen molar-refractivity contribution in [3.63, 3.8) is 0 Å². The van der Waals surface area contributed by atoms with Crippen molar-refractivity contribution in [1.82, 2.24) is 4.90 Å². The molecule has 0 atom stereocenters. The second-order valence-corrected chi connectivity index (χ2v) is 9.07. The molecule has 0 unspecified atom stereocenters. The first-order valence-electron chi connectivity index (χ1n) is 9.77. The molecule has 0 N–H and O–H groups in total. The number of amides is 2. The first-order valence-corrected chi connectivity index (χ1v) is 11.3. The Morgan fingerprint density at radius 3 is 2.62 bits per heavy atom. The molecule has 2 heterocycles. The second-order valence-electron chi connectivity index (χ2n) is 7.23. The molecule has 1 saturated heterocycles. The maximum atomic E-state index is 13.0. The van der Waals surface area contributed by atoms with Crippen LogP contribution in [0.4, 0.5) is 4.79 Å². The van der Waals surface area contributed by atoms with Crippen LogP contribution in [0.3, 0.4) is 0 Å². The molecule has 0 bridgehead atoms. The van der Waals surface area contributed by atoms with Gasteiger partial charge in [0.05, 0.1) is 16.5 Å². The highest BCUT2D eigenvalue weighted by Gasteiger charge is 2.35. The van der Waals surface area contributed by atoms with Gasteiger partial charge in [-0.25, -0.2) is 0 Å². The Kier molecular flexibility index (Phi) is 5.55. The first kappa shape index (κ1) is 20.9. The number of hydrogen-bond donors (Lipinski definition) is 0. The fourth-order valence-electron chi connectivity index (χ4n) is 3.63. The lowest BCUT2D eigenvalue weighted by molar-refractivity contribution is -0.123. The van der Waals surface area contributed by atoms with Crippen molar-refractivity contribution in [2.45, 2.75) is 6.54 Å². The molecule has 7 heteroatoms. The smallest absolute Gasteiger partial charge is 0.293 e. The van der Waals surface area contributed by atoms with Crippen molar-refractivity contribution in [1.29, 1.82) is 0 Å². The van der Waals surface area contributed by atoms with E-state index in [2.05, 4.69) is 0 Å². The molecular weight excluding hydrogens is 465 g/mol. The molecule has 1 aliphatic rings. The van der Waals surface area contributed by atoms with Crippen LogP contribution >= 0.6 is 35.0 Å². The number of nitrogens with zero attached hydrogens (tertiary/aromatic N) is 1. The summed E-state index contributed by atoms with van der Waals surface area (Å²) in [5.41, 5.74) is 1.57. The van der Waals surface area contributed by atoms with Crippen LogP contribution in [0, 0.1) is 0 Å². The number of fused-ring (bicyclic) bond motifs is 1. The molecule has 0 aliphatic carbocycles. The van der Waals surface area contributed by atoms with Crippen LogP contribution in [-0.2, 0) is 11.3 Å². The zero-order valence-corrected chi connectivity index (χ0v) is 18.9. The molecule has 5 rings (SSSR count). The Hall–Kier alpha value is -2.99. The minimum atomic E-state index is -0.341. The minimum absolute atomic E-state index is 0.213. The van der Waals surface area contributed by atoms with Crippen LogP contribution in [-0.4, -0.2) is 16.0 Å². The number of hydrogen-bond acceptors (Lipinski definition) is 4. The van der Waals surface area contributed by atoms with Gasteiger partial charge in [-0.15, -0.1) is 0 Å². The molecule has 3 aromatic carbocycles. The van der Waals surface area contributed by atoms with Crippen molar-refractivity contribution in [2.75, 3.05) is 0 Å². The molecule has 0 radical (unpaired) electrons. The van der Waals surface area contributed by atoms with Crippen LogP contribution < -0.4 is 0 Å². The molecule has 158 valence electrons. The van der Waals surface area contributed by atoms with Crippen molar-refractivity contribution in [3.8, 4) is 11.3 Å². The van der Waals surface area contributed by atoms with E-state index in [9.17, 15) is 9.59 Å². The molecule has 1 fully saturated rings. The maximum absolute atomic E-state index is 13.0. The van der Waals surface area contributed by atoms with Crippen molar-refractivity contribution in [2.24, 2.45) is 0 Å². The van der Waals surface area contributed by atoms with E-state index in [0.29, 0.717) is 32.0 Å². The van der Waals surface area contributed by atoms with Crippen molar-refractivity contribution >= 4 is 63.0 Å². The zero-order chi connectivity index (χ0) is 22.2. The van der Waals surface area contributed by atoms with Gasteiger partial charge in [0.1, 0.15) is 11.5 Å². The second kappa shape index (κ2) is 8.51. The van der Waals surface area contributed by atoms with E-state index in [-0.39, 0.29) is 17.7 Å². The van der Waals surface area contributed by atoms with E-state index < -0.39 is 0 Å². The van der Waals surface area contributed by atoms with Crippen LogP contribution in [0.2, 0.25) is 10.0 Å². The van der Waals surface area contributed by atoms with Gasteiger partial charge in [-0.2, -0.15) is 0 Å². The summed E-state index contributed by atoms with van der Waals surface area (Å²) in [6.45, 7) is 0.213. The van der Waals surface area contributed by atoms with Gasteiger partial charge in [-0.05, 0) is 58.4 Å². The van der Waals surface area contributed by atoms with Gasteiger partial charge < -0.3 is 4.42 Å². The quantitative estimate of drug-likeness (QED) is 0.282. The Balaban J connectivity index is 1.40. The highest BCUT2D eigenvalue weighted by atomic mass is 35.5. The summed E-state index contributed by atoms with van der Waals surface area (Å²) in [7, 11) is 0. The molecule has 4 aromatic rings. The van der Waals surface area contributed by atoms with Gasteiger partial charge >= 0.3 is 0 Å². The van der Waals surface area contributed by atoms with Gasteiger partial charge in [0.2, 0.25) is 0 Å². The predicted molar refractivity (Wildman–Crippen MR) is 130 cm³/mol. The van der Waals surface area contributed by atoms with Gasteiger partial charge in [0.25, 0.3) is 11.1 Å². The molecule has 0 saturated carbocycles. The highest BCUT2D eigenvalue weighted by Crippen LogP contribution is 2.36. The molecule has 0 spiro atoms. The molecule has 1 aliphatic heterocycles. The maximum Gasteiger partial charge on any atom is 0.293 e.